The molecule has 0 aliphatic carbocycles. The molecule has 1 heterocycles. The van der Waals surface area contributed by atoms with E-state index in [0.717, 1.165) is 35.6 Å². The fourth-order valence-electron chi connectivity index (χ4n) is 3.00. The van der Waals surface area contributed by atoms with Crippen molar-refractivity contribution < 1.29 is 14.3 Å². The number of carbonyl (C=O) groups is 1. The van der Waals surface area contributed by atoms with E-state index in [9.17, 15) is 4.79 Å². The minimum absolute atomic E-state index is 0.00486. The Kier molecular flexibility index (Phi) is 5.59. The summed E-state index contributed by atoms with van der Waals surface area (Å²) >= 11 is 0. The number of hydrogen-bond acceptors (Lipinski definition) is 3. The van der Waals surface area contributed by atoms with Crippen LogP contribution in [0.3, 0.4) is 0 Å². The predicted octanol–water partition coefficient (Wildman–Crippen LogP) is 4.10. The van der Waals surface area contributed by atoms with Crippen LogP contribution in [0.2, 0.25) is 0 Å². The highest BCUT2D eigenvalue weighted by atomic mass is 16.7. The number of benzene rings is 2. The molecular weight excluding hydrogens is 314 g/mol. The van der Waals surface area contributed by atoms with Gasteiger partial charge in [-0.1, -0.05) is 50.2 Å². The van der Waals surface area contributed by atoms with Crippen LogP contribution in [-0.4, -0.2) is 19.2 Å². The van der Waals surface area contributed by atoms with Crippen molar-refractivity contribution in [2.75, 3.05) is 13.3 Å². The van der Waals surface area contributed by atoms with Crippen molar-refractivity contribution in [2.45, 2.75) is 32.6 Å². The highest BCUT2D eigenvalue weighted by molar-refractivity contribution is 5.77. The lowest BCUT2D eigenvalue weighted by Crippen LogP contribution is -2.27. The van der Waals surface area contributed by atoms with E-state index in [4.69, 9.17) is 9.47 Å². The van der Waals surface area contributed by atoms with Crippen molar-refractivity contribution in [3.63, 3.8) is 0 Å². The van der Waals surface area contributed by atoms with Gasteiger partial charge >= 0.3 is 0 Å². The zero-order valence-electron chi connectivity index (χ0n) is 14.8. The summed E-state index contributed by atoms with van der Waals surface area (Å²) in [4.78, 5) is 12.4. The Morgan fingerprint density at radius 3 is 2.56 bits per heavy atom. The van der Waals surface area contributed by atoms with Gasteiger partial charge in [0.1, 0.15) is 0 Å². The van der Waals surface area contributed by atoms with Gasteiger partial charge in [0.05, 0.1) is 0 Å². The van der Waals surface area contributed by atoms with Crippen LogP contribution in [-0.2, 0) is 4.79 Å². The molecule has 1 atom stereocenters. The number of ether oxygens (including phenoxy) is 2. The molecule has 2 aromatic rings. The summed E-state index contributed by atoms with van der Waals surface area (Å²) in [6, 6.07) is 16.1. The summed E-state index contributed by atoms with van der Waals surface area (Å²) in [5.74, 6) is 2.16. The van der Waals surface area contributed by atoms with Crippen molar-refractivity contribution in [1.82, 2.24) is 5.32 Å². The number of carbonyl (C=O) groups excluding carboxylic acids is 1. The first kappa shape index (κ1) is 17.3. The summed E-state index contributed by atoms with van der Waals surface area (Å²) in [7, 11) is 0. The Labute approximate surface area is 149 Å². The Balaban J connectivity index is 1.78. The van der Waals surface area contributed by atoms with E-state index in [-0.39, 0.29) is 18.6 Å². The lowest BCUT2D eigenvalue weighted by molar-refractivity contribution is -0.121. The maximum atomic E-state index is 12.4. The molecule has 0 unspecified atom stereocenters. The van der Waals surface area contributed by atoms with Gasteiger partial charge in [-0.25, -0.2) is 0 Å². The smallest absolute Gasteiger partial charge is 0.231 e. The van der Waals surface area contributed by atoms with Crippen molar-refractivity contribution in [2.24, 2.45) is 5.92 Å². The average molecular weight is 339 g/mol. The van der Waals surface area contributed by atoms with Crippen LogP contribution in [0.5, 0.6) is 11.5 Å². The third kappa shape index (κ3) is 4.53. The zero-order valence-corrected chi connectivity index (χ0v) is 14.8. The Bertz CT molecular complexity index is 712. The summed E-state index contributed by atoms with van der Waals surface area (Å²) < 4.78 is 10.9. The van der Waals surface area contributed by atoms with Gasteiger partial charge in [0.15, 0.2) is 11.5 Å². The molecule has 1 aliphatic heterocycles. The van der Waals surface area contributed by atoms with Crippen LogP contribution >= 0.6 is 0 Å². The van der Waals surface area contributed by atoms with E-state index >= 15 is 0 Å². The van der Waals surface area contributed by atoms with Gasteiger partial charge in [-0.2, -0.15) is 0 Å². The fourth-order valence-corrected chi connectivity index (χ4v) is 3.00. The van der Waals surface area contributed by atoms with Crippen molar-refractivity contribution in [3.8, 4) is 11.5 Å². The van der Waals surface area contributed by atoms with Gasteiger partial charge in [-0.05, 0) is 35.6 Å². The van der Waals surface area contributed by atoms with E-state index in [1.807, 2.05) is 36.4 Å². The molecule has 132 valence electrons. The van der Waals surface area contributed by atoms with Crippen molar-refractivity contribution >= 4 is 5.91 Å². The topological polar surface area (TPSA) is 47.6 Å². The Morgan fingerprint density at radius 1 is 1.04 bits per heavy atom. The summed E-state index contributed by atoms with van der Waals surface area (Å²) in [6.07, 6.45) is 1.41. The van der Waals surface area contributed by atoms with Crippen LogP contribution in [0.4, 0.5) is 0 Å². The molecule has 0 saturated carbocycles. The molecule has 4 heteroatoms. The molecular formula is C21H25NO3. The van der Waals surface area contributed by atoms with Gasteiger partial charge in [-0.3, -0.25) is 4.79 Å². The first-order valence-corrected chi connectivity index (χ1v) is 8.84. The van der Waals surface area contributed by atoms with Gasteiger partial charge < -0.3 is 14.8 Å². The van der Waals surface area contributed by atoms with Crippen molar-refractivity contribution in [1.29, 1.82) is 0 Å². The van der Waals surface area contributed by atoms with Crippen LogP contribution in [0, 0.1) is 5.92 Å². The molecule has 0 fully saturated rings. The molecule has 0 bridgehead atoms. The average Bonchev–Trinajstić information content (AvgIpc) is 3.08. The van der Waals surface area contributed by atoms with Crippen LogP contribution < -0.4 is 14.8 Å². The molecule has 0 spiro atoms. The highest BCUT2D eigenvalue weighted by Gasteiger charge is 2.21. The summed E-state index contributed by atoms with van der Waals surface area (Å²) in [5.41, 5.74) is 2.19. The first-order valence-electron chi connectivity index (χ1n) is 8.84. The molecule has 1 amide bonds. The van der Waals surface area contributed by atoms with E-state index in [1.165, 1.54) is 0 Å². The monoisotopic (exact) mass is 339 g/mol. The summed E-state index contributed by atoms with van der Waals surface area (Å²) in [6.45, 7) is 5.29. The van der Waals surface area contributed by atoms with Crippen LogP contribution in [0.15, 0.2) is 48.5 Å². The number of hydrogen-bond donors (Lipinski definition) is 1. The second-order valence-corrected chi connectivity index (χ2v) is 6.81. The van der Waals surface area contributed by atoms with Gasteiger partial charge in [0.25, 0.3) is 0 Å². The fraction of sp³-hybridized carbons (Fsp3) is 0.381. The van der Waals surface area contributed by atoms with Crippen LogP contribution in [0.25, 0.3) is 0 Å². The van der Waals surface area contributed by atoms with E-state index in [0.29, 0.717) is 12.3 Å². The Hall–Kier alpha value is -2.49. The van der Waals surface area contributed by atoms with Crippen LogP contribution in [0.1, 0.15) is 43.7 Å². The van der Waals surface area contributed by atoms with E-state index in [2.05, 4.69) is 31.3 Å². The molecule has 25 heavy (non-hydrogen) atoms. The molecule has 4 nitrogen and oxygen atoms in total. The SMILES string of the molecule is CC(C)CCNC(=O)C[C@@H](c1ccccc1)c1ccc2c(c1)OCO2. The predicted molar refractivity (Wildman–Crippen MR) is 97.9 cm³/mol. The maximum absolute atomic E-state index is 12.4. The third-order valence-corrected chi connectivity index (χ3v) is 4.43. The number of rotatable bonds is 7. The van der Waals surface area contributed by atoms with E-state index in [1.54, 1.807) is 0 Å². The second-order valence-electron chi connectivity index (χ2n) is 6.81. The second kappa shape index (κ2) is 8.06. The molecule has 1 N–H and O–H groups in total. The lowest BCUT2D eigenvalue weighted by atomic mass is 9.88. The minimum atomic E-state index is -0.00486. The number of amides is 1. The molecule has 0 aromatic heterocycles. The largest absolute Gasteiger partial charge is 0.454 e. The standard InChI is InChI=1S/C21H25NO3/c1-15(2)10-11-22-21(23)13-18(16-6-4-3-5-7-16)17-8-9-19-20(12-17)25-14-24-19/h3-9,12,15,18H,10-11,13-14H2,1-2H3,(H,22,23)/t18-/m0/s1. The molecule has 1 aliphatic rings. The molecule has 2 aromatic carbocycles. The third-order valence-electron chi connectivity index (χ3n) is 4.43. The lowest BCUT2D eigenvalue weighted by Gasteiger charge is -2.18. The van der Waals surface area contributed by atoms with Gasteiger partial charge in [0.2, 0.25) is 12.7 Å². The minimum Gasteiger partial charge on any atom is -0.454 e. The zero-order chi connectivity index (χ0) is 17.6. The quantitative estimate of drug-likeness (QED) is 0.826. The van der Waals surface area contributed by atoms with E-state index < -0.39 is 0 Å². The Morgan fingerprint density at radius 2 is 1.80 bits per heavy atom. The number of fused-ring (bicyclic) bond motifs is 1. The summed E-state index contributed by atoms with van der Waals surface area (Å²) in [5, 5.41) is 3.04. The molecule has 3 rings (SSSR count). The molecule has 0 radical (unpaired) electrons. The first-order chi connectivity index (χ1) is 12.1. The molecule has 0 saturated heterocycles. The van der Waals surface area contributed by atoms with Gasteiger partial charge in [0, 0.05) is 18.9 Å². The number of nitrogens with one attached hydrogen (secondary N) is 1. The normalized spacial score (nSPS) is 13.7. The maximum Gasteiger partial charge on any atom is 0.231 e. The highest BCUT2D eigenvalue weighted by Crippen LogP contribution is 2.37. The van der Waals surface area contributed by atoms with Gasteiger partial charge in [-0.15, -0.1) is 0 Å². The van der Waals surface area contributed by atoms with Crippen molar-refractivity contribution in [3.05, 3.63) is 59.7 Å².